The number of aliphatic hydroxyl groups is 7. The molecule has 72 heavy (non-hydrogen) atoms. The largest absolute Gasteiger partial charge is 0.462 e. The molecule has 0 spiro atoms. The molecule has 0 aliphatic carbocycles. The number of allylic oxidation sites excluding steroid dienone is 4. The van der Waals surface area contributed by atoms with Crippen LogP contribution in [0.1, 0.15) is 232 Å². The lowest BCUT2D eigenvalue weighted by Crippen LogP contribution is -2.61. The smallest absolute Gasteiger partial charge is 0.306 e. The molecule has 15 heteroatoms. The van der Waals surface area contributed by atoms with Gasteiger partial charge in [-0.2, -0.15) is 0 Å². The molecular formula is C57H104O15. The maximum absolute atomic E-state index is 13.1. The Kier molecular flexibility index (Phi) is 40.5. The van der Waals surface area contributed by atoms with Gasteiger partial charge in [-0.3, -0.25) is 9.59 Å². The molecule has 15 nitrogen and oxygen atoms in total. The second kappa shape index (κ2) is 44.1. The average Bonchev–Trinajstić information content (AvgIpc) is 3.37. The fraction of sp³-hybridized carbons (Fsp3) is 0.895. The van der Waals surface area contributed by atoms with Crippen molar-refractivity contribution in [1.29, 1.82) is 0 Å². The Labute approximate surface area is 434 Å². The van der Waals surface area contributed by atoms with E-state index in [-0.39, 0.29) is 26.1 Å². The van der Waals surface area contributed by atoms with Gasteiger partial charge in [0, 0.05) is 12.8 Å². The molecule has 0 aromatic rings. The van der Waals surface area contributed by atoms with E-state index in [1.165, 1.54) is 128 Å². The van der Waals surface area contributed by atoms with Gasteiger partial charge in [-0.15, -0.1) is 0 Å². The van der Waals surface area contributed by atoms with Crippen molar-refractivity contribution in [2.75, 3.05) is 26.4 Å². The van der Waals surface area contributed by atoms with Crippen molar-refractivity contribution in [3.8, 4) is 0 Å². The summed E-state index contributed by atoms with van der Waals surface area (Å²) in [4.78, 5) is 25.8. The summed E-state index contributed by atoms with van der Waals surface area (Å²) in [5, 5.41) is 72.2. The molecular weight excluding hydrogens is 925 g/mol. The molecule has 7 N–H and O–H groups in total. The normalized spacial score (nSPS) is 25.1. The fourth-order valence-corrected chi connectivity index (χ4v) is 9.18. The van der Waals surface area contributed by atoms with Crippen LogP contribution in [0.3, 0.4) is 0 Å². The number of unbranched alkanes of at least 4 members (excludes halogenated alkanes) is 28. The van der Waals surface area contributed by atoms with E-state index in [0.29, 0.717) is 12.8 Å². The summed E-state index contributed by atoms with van der Waals surface area (Å²) >= 11 is 0. The number of esters is 2. The molecule has 0 aromatic heterocycles. The molecule has 2 aliphatic heterocycles. The fourth-order valence-electron chi connectivity index (χ4n) is 9.18. The highest BCUT2D eigenvalue weighted by Gasteiger charge is 2.47. The summed E-state index contributed by atoms with van der Waals surface area (Å²) in [5.41, 5.74) is 0. The van der Waals surface area contributed by atoms with E-state index in [2.05, 4.69) is 38.2 Å². The quantitative estimate of drug-likeness (QED) is 0.0171. The third kappa shape index (κ3) is 31.1. The van der Waals surface area contributed by atoms with Crippen LogP contribution in [-0.4, -0.2) is 142 Å². The number of hydrogen-bond acceptors (Lipinski definition) is 15. The lowest BCUT2D eigenvalue weighted by atomic mass is 9.98. The van der Waals surface area contributed by atoms with Crippen molar-refractivity contribution in [3.05, 3.63) is 24.3 Å². The van der Waals surface area contributed by atoms with Crippen LogP contribution in [0, 0.1) is 0 Å². The van der Waals surface area contributed by atoms with E-state index >= 15 is 0 Å². The van der Waals surface area contributed by atoms with Crippen molar-refractivity contribution >= 4 is 11.9 Å². The van der Waals surface area contributed by atoms with Crippen LogP contribution in [0.5, 0.6) is 0 Å². The van der Waals surface area contributed by atoms with Gasteiger partial charge in [0.05, 0.1) is 19.8 Å². The number of carbonyl (C=O) groups is 2. The Bertz CT molecular complexity index is 1350. The molecule has 11 atom stereocenters. The van der Waals surface area contributed by atoms with Crippen molar-refractivity contribution in [2.24, 2.45) is 0 Å². The molecule has 2 aliphatic rings. The first-order valence-corrected chi connectivity index (χ1v) is 28.9. The molecule has 0 radical (unpaired) electrons. The molecule has 0 bridgehead atoms. The summed E-state index contributed by atoms with van der Waals surface area (Å²) in [5.74, 6) is -0.930. The standard InChI is InChI=1S/C57H104O15/c1-3-5-7-9-11-13-15-17-19-20-21-22-23-24-25-26-28-30-32-34-36-38-40-49(60)70-45(42-67-48(59)39-37-35-33-31-29-27-18-16-14-12-10-8-6-4-2)43-68-56-55(66)53(64)51(62)47(72-56)44-69-57-54(65)52(63)50(61)46(41-58)71-57/h10,12,16,18,45-47,50-58,61-66H,3-9,11,13-15,17,19-44H2,1-2H3/b12-10+,18-16+/t45-,46+,47+,50-,51-,52?,53?,54?,55?,56+,57+/m1/s1. The molecule has 0 saturated carbocycles. The van der Waals surface area contributed by atoms with E-state index in [1.807, 2.05) is 0 Å². The first kappa shape index (κ1) is 66.1. The zero-order chi connectivity index (χ0) is 52.4. The monoisotopic (exact) mass is 1030 g/mol. The number of hydrogen-bond donors (Lipinski definition) is 7. The maximum atomic E-state index is 13.1. The predicted molar refractivity (Wildman–Crippen MR) is 280 cm³/mol. The molecule has 2 heterocycles. The second-order valence-corrected chi connectivity index (χ2v) is 20.5. The van der Waals surface area contributed by atoms with Crippen molar-refractivity contribution in [3.63, 3.8) is 0 Å². The first-order valence-electron chi connectivity index (χ1n) is 28.9. The molecule has 2 saturated heterocycles. The number of rotatable bonds is 46. The summed E-state index contributed by atoms with van der Waals surface area (Å²) < 4.78 is 33.7. The minimum absolute atomic E-state index is 0.167. The van der Waals surface area contributed by atoms with E-state index in [1.54, 1.807) is 0 Å². The lowest BCUT2D eigenvalue weighted by Gasteiger charge is -2.42. The number of ether oxygens (including phenoxy) is 6. The van der Waals surface area contributed by atoms with Gasteiger partial charge in [0.1, 0.15) is 55.4 Å². The third-order valence-corrected chi connectivity index (χ3v) is 13.9. The molecule has 0 aromatic carbocycles. The topological polar surface area (TPSA) is 231 Å². The molecule has 422 valence electrons. The van der Waals surface area contributed by atoms with Crippen LogP contribution < -0.4 is 0 Å². The Balaban J connectivity index is 1.74. The van der Waals surface area contributed by atoms with Gasteiger partial charge in [0.25, 0.3) is 0 Å². The van der Waals surface area contributed by atoms with Crippen molar-refractivity contribution in [1.82, 2.24) is 0 Å². The lowest BCUT2D eigenvalue weighted by molar-refractivity contribution is -0.332. The highest BCUT2D eigenvalue weighted by molar-refractivity contribution is 5.70. The highest BCUT2D eigenvalue weighted by atomic mass is 16.7. The Morgan fingerprint density at radius 3 is 1.33 bits per heavy atom. The second-order valence-electron chi connectivity index (χ2n) is 20.5. The number of carbonyl (C=O) groups excluding carboxylic acids is 2. The van der Waals surface area contributed by atoms with Gasteiger partial charge in [-0.25, -0.2) is 0 Å². The Morgan fingerprint density at radius 2 is 0.847 bits per heavy atom. The zero-order valence-electron chi connectivity index (χ0n) is 44.9. The van der Waals surface area contributed by atoms with Crippen LogP contribution in [0.15, 0.2) is 24.3 Å². The van der Waals surface area contributed by atoms with Gasteiger partial charge < -0.3 is 64.2 Å². The van der Waals surface area contributed by atoms with Gasteiger partial charge in [0.2, 0.25) is 0 Å². The van der Waals surface area contributed by atoms with Gasteiger partial charge in [-0.1, -0.05) is 205 Å². The van der Waals surface area contributed by atoms with E-state index in [0.717, 1.165) is 64.2 Å². The summed E-state index contributed by atoms with van der Waals surface area (Å²) in [7, 11) is 0. The van der Waals surface area contributed by atoms with Crippen molar-refractivity contribution < 1.29 is 73.8 Å². The summed E-state index contributed by atoms with van der Waals surface area (Å²) in [6, 6.07) is 0. The molecule has 2 rings (SSSR count). The Hall–Kier alpha value is -2.02. The highest BCUT2D eigenvalue weighted by Crippen LogP contribution is 2.27. The SMILES string of the molecule is CCCC/C=C/C/C=C/CCCCCCCC(=O)OC[C@H](CO[C@H]1O[C@@H](CO[C@H]2O[C@@H](CO)[C@@H](O)C(O)C2O)[C@@H](O)C(O)C1O)OC(=O)CCCCCCCCCCCCCCCCCCCCCCCC. The van der Waals surface area contributed by atoms with Gasteiger partial charge >= 0.3 is 11.9 Å². The van der Waals surface area contributed by atoms with Crippen LogP contribution in [0.4, 0.5) is 0 Å². The van der Waals surface area contributed by atoms with E-state index < -0.39 is 92.7 Å². The summed E-state index contributed by atoms with van der Waals surface area (Å²) in [6.07, 6.45) is 30.6. The van der Waals surface area contributed by atoms with Crippen LogP contribution in [0.2, 0.25) is 0 Å². The molecule has 2 fully saturated rings. The first-order chi connectivity index (χ1) is 35.0. The van der Waals surface area contributed by atoms with Crippen LogP contribution in [0.25, 0.3) is 0 Å². The van der Waals surface area contributed by atoms with Crippen LogP contribution >= 0.6 is 0 Å². The van der Waals surface area contributed by atoms with Gasteiger partial charge in [-0.05, 0) is 38.5 Å². The van der Waals surface area contributed by atoms with E-state index in [4.69, 9.17) is 28.4 Å². The minimum atomic E-state index is -1.76. The van der Waals surface area contributed by atoms with Crippen LogP contribution in [-0.2, 0) is 38.0 Å². The maximum Gasteiger partial charge on any atom is 0.306 e. The third-order valence-electron chi connectivity index (χ3n) is 13.9. The summed E-state index contributed by atoms with van der Waals surface area (Å²) in [6.45, 7) is 2.57. The molecule has 0 amide bonds. The molecule has 4 unspecified atom stereocenters. The average molecular weight is 1030 g/mol. The Morgan fingerprint density at radius 1 is 0.444 bits per heavy atom. The van der Waals surface area contributed by atoms with E-state index in [9.17, 15) is 45.3 Å². The predicted octanol–water partition coefficient (Wildman–Crippen LogP) is 9.50. The number of aliphatic hydroxyl groups excluding tert-OH is 7. The van der Waals surface area contributed by atoms with Crippen molar-refractivity contribution in [2.45, 2.75) is 300 Å². The minimum Gasteiger partial charge on any atom is -0.462 e. The van der Waals surface area contributed by atoms with Gasteiger partial charge in [0.15, 0.2) is 18.7 Å². The zero-order valence-corrected chi connectivity index (χ0v) is 44.9.